The number of hydrogen-bond donors (Lipinski definition) is 2. The highest BCUT2D eigenvalue weighted by Crippen LogP contribution is 2.32. The molecule has 4 aromatic carbocycles. The van der Waals surface area contributed by atoms with E-state index in [1.54, 1.807) is 68.8 Å². The molecule has 0 saturated heterocycles. The van der Waals surface area contributed by atoms with Gasteiger partial charge in [-0.25, -0.2) is 8.42 Å². The first-order valence-electron chi connectivity index (χ1n) is 14.3. The average Bonchev–Trinajstić information content (AvgIpc) is 3.07. The molecule has 0 fully saturated rings. The minimum atomic E-state index is -4.25. The number of ether oxygens (including phenoxy) is 4. The van der Waals surface area contributed by atoms with Crippen molar-refractivity contribution in [1.29, 1.82) is 0 Å². The molecule has 0 aromatic heterocycles. The zero-order valence-corrected chi connectivity index (χ0v) is 27.1. The van der Waals surface area contributed by atoms with Crippen LogP contribution in [-0.2, 0) is 21.2 Å². The number of methoxy groups -OCH3 is 4. The maximum atomic E-state index is 13.9. The summed E-state index contributed by atoms with van der Waals surface area (Å²) in [5.74, 6) is 0.743. The van der Waals surface area contributed by atoms with Gasteiger partial charge < -0.3 is 29.6 Å². The second kappa shape index (κ2) is 15.2. The molecule has 0 heterocycles. The van der Waals surface area contributed by atoms with Gasteiger partial charge >= 0.3 is 0 Å². The van der Waals surface area contributed by atoms with E-state index in [1.165, 1.54) is 32.4 Å². The van der Waals surface area contributed by atoms with Crippen molar-refractivity contribution in [3.8, 4) is 23.0 Å². The van der Waals surface area contributed by atoms with Gasteiger partial charge in [-0.1, -0.05) is 35.9 Å². The van der Waals surface area contributed by atoms with E-state index in [0.717, 1.165) is 15.4 Å². The van der Waals surface area contributed by atoms with Gasteiger partial charge in [0.25, 0.3) is 15.9 Å². The quantitative estimate of drug-likeness (QED) is 0.199. The van der Waals surface area contributed by atoms with E-state index in [-0.39, 0.29) is 27.6 Å². The molecule has 4 aromatic rings. The first-order chi connectivity index (χ1) is 22.1. The minimum absolute atomic E-state index is 0.0900. The molecule has 12 heteroatoms. The van der Waals surface area contributed by atoms with Crippen molar-refractivity contribution in [1.82, 2.24) is 5.32 Å². The second-order valence-electron chi connectivity index (χ2n) is 10.2. The summed E-state index contributed by atoms with van der Waals surface area (Å²) < 4.78 is 50.0. The number of anilines is 2. The second-order valence-corrected chi connectivity index (χ2v) is 12.0. The van der Waals surface area contributed by atoms with E-state index in [0.29, 0.717) is 30.2 Å². The van der Waals surface area contributed by atoms with E-state index in [4.69, 9.17) is 18.9 Å². The Kier molecular flexibility index (Phi) is 11.1. The van der Waals surface area contributed by atoms with Gasteiger partial charge in [0.1, 0.15) is 6.54 Å². The normalized spacial score (nSPS) is 10.9. The molecule has 0 aliphatic rings. The van der Waals surface area contributed by atoms with Crippen molar-refractivity contribution >= 4 is 33.2 Å². The summed E-state index contributed by atoms with van der Waals surface area (Å²) >= 11 is 0. The van der Waals surface area contributed by atoms with E-state index in [2.05, 4.69) is 10.6 Å². The molecular weight excluding hydrogens is 610 g/mol. The first kappa shape index (κ1) is 33.7. The molecule has 0 spiro atoms. The summed E-state index contributed by atoms with van der Waals surface area (Å²) in [6, 6.07) is 23.0. The van der Waals surface area contributed by atoms with Gasteiger partial charge in [-0.3, -0.25) is 13.9 Å². The van der Waals surface area contributed by atoms with Crippen LogP contribution in [-0.4, -0.2) is 61.8 Å². The molecule has 11 nitrogen and oxygen atoms in total. The molecule has 2 amide bonds. The summed E-state index contributed by atoms with van der Waals surface area (Å²) in [5, 5.41) is 5.60. The Morgan fingerprint density at radius 2 is 1.35 bits per heavy atom. The van der Waals surface area contributed by atoms with Crippen molar-refractivity contribution in [3.05, 3.63) is 102 Å². The van der Waals surface area contributed by atoms with Gasteiger partial charge in [0.2, 0.25) is 5.91 Å². The molecule has 0 unspecified atom stereocenters. The van der Waals surface area contributed by atoms with Crippen molar-refractivity contribution in [3.63, 3.8) is 0 Å². The van der Waals surface area contributed by atoms with Crippen molar-refractivity contribution < 1.29 is 37.0 Å². The number of para-hydroxylation sites is 1. The maximum absolute atomic E-state index is 13.9. The molecule has 242 valence electrons. The van der Waals surface area contributed by atoms with Crippen LogP contribution in [0.4, 0.5) is 11.4 Å². The van der Waals surface area contributed by atoms with Crippen molar-refractivity contribution in [2.24, 2.45) is 0 Å². The van der Waals surface area contributed by atoms with E-state index >= 15 is 0 Å². The van der Waals surface area contributed by atoms with Crippen LogP contribution in [0.15, 0.2) is 89.8 Å². The molecule has 0 saturated carbocycles. The zero-order valence-electron chi connectivity index (χ0n) is 26.3. The topological polar surface area (TPSA) is 132 Å². The lowest BCUT2D eigenvalue weighted by atomic mass is 10.1. The number of nitrogens with zero attached hydrogens (tertiary/aromatic N) is 1. The van der Waals surface area contributed by atoms with Gasteiger partial charge in [-0.2, -0.15) is 0 Å². The molecule has 0 aliphatic carbocycles. The highest BCUT2D eigenvalue weighted by molar-refractivity contribution is 7.92. The molecule has 0 radical (unpaired) electrons. The van der Waals surface area contributed by atoms with E-state index < -0.39 is 28.4 Å². The fourth-order valence-electron chi connectivity index (χ4n) is 4.69. The predicted octanol–water partition coefficient (Wildman–Crippen LogP) is 4.84. The summed E-state index contributed by atoms with van der Waals surface area (Å²) in [7, 11) is 1.73. The minimum Gasteiger partial charge on any atom is -0.493 e. The number of carbonyl (C=O) groups is 2. The van der Waals surface area contributed by atoms with Crippen molar-refractivity contribution in [2.75, 3.05) is 51.2 Å². The number of sulfonamides is 1. The van der Waals surface area contributed by atoms with Crippen LogP contribution in [0.2, 0.25) is 0 Å². The molecule has 0 aliphatic heterocycles. The highest BCUT2D eigenvalue weighted by atomic mass is 32.2. The van der Waals surface area contributed by atoms with Gasteiger partial charge in [-0.15, -0.1) is 0 Å². The van der Waals surface area contributed by atoms with Crippen LogP contribution >= 0.6 is 0 Å². The lowest BCUT2D eigenvalue weighted by Crippen LogP contribution is -2.38. The third-order valence-electron chi connectivity index (χ3n) is 7.15. The van der Waals surface area contributed by atoms with Crippen molar-refractivity contribution in [2.45, 2.75) is 18.2 Å². The summed E-state index contributed by atoms with van der Waals surface area (Å²) in [5.41, 5.74) is 2.61. The highest BCUT2D eigenvalue weighted by Gasteiger charge is 2.29. The molecular formula is C34H37N3O8S. The third-order valence-corrected chi connectivity index (χ3v) is 8.91. The number of rotatable bonds is 14. The Labute approximate surface area is 269 Å². The Bertz CT molecular complexity index is 1790. The van der Waals surface area contributed by atoms with Gasteiger partial charge in [0, 0.05) is 12.6 Å². The number of nitrogens with one attached hydrogen (secondary N) is 2. The Morgan fingerprint density at radius 1 is 0.739 bits per heavy atom. The number of amides is 2. The number of hydrogen-bond acceptors (Lipinski definition) is 8. The summed E-state index contributed by atoms with van der Waals surface area (Å²) in [6.45, 7) is 1.63. The number of aryl methyl sites for hydroxylation is 1. The fourth-order valence-corrected chi connectivity index (χ4v) is 6.13. The smallest absolute Gasteiger partial charge is 0.264 e. The van der Waals surface area contributed by atoms with E-state index in [9.17, 15) is 18.0 Å². The monoisotopic (exact) mass is 647 g/mol. The molecule has 4 rings (SSSR count). The Morgan fingerprint density at radius 3 is 2.00 bits per heavy atom. The fraction of sp³-hybridized carbons (Fsp3) is 0.235. The van der Waals surface area contributed by atoms with Gasteiger partial charge in [0.15, 0.2) is 23.0 Å². The lowest BCUT2D eigenvalue weighted by Gasteiger charge is -2.25. The SMILES string of the molecule is COc1ccc(CCNC(=O)c2ccccc2NC(=O)CN(c2ccc(C)cc2)S(=O)(=O)c2ccc(OC)c(OC)c2)cc1OC. The predicted molar refractivity (Wildman–Crippen MR) is 176 cm³/mol. The molecule has 2 N–H and O–H groups in total. The largest absolute Gasteiger partial charge is 0.493 e. The van der Waals surface area contributed by atoms with Crippen LogP contribution in [0.5, 0.6) is 23.0 Å². The molecule has 0 bridgehead atoms. The average molecular weight is 648 g/mol. The number of benzene rings is 4. The standard InChI is InChI=1S/C34H37N3O8S/c1-23-10-13-25(14-11-23)37(46(40,41)26-15-17-30(43-3)32(21-26)45-5)22-33(38)36-28-9-7-6-8-27(28)34(39)35-19-18-24-12-16-29(42-2)31(20-24)44-4/h6-17,20-21H,18-19,22H2,1-5H3,(H,35,39)(H,36,38). The van der Waals surface area contributed by atoms with Crippen LogP contribution in [0, 0.1) is 6.92 Å². The molecule has 46 heavy (non-hydrogen) atoms. The van der Waals surface area contributed by atoms with Gasteiger partial charge in [0.05, 0.1) is 50.3 Å². The van der Waals surface area contributed by atoms with Gasteiger partial charge in [-0.05, 0) is 67.4 Å². The summed E-state index contributed by atoms with van der Waals surface area (Å²) in [6.07, 6.45) is 0.528. The Balaban J connectivity index is 1.52. The maximum Gasteiger partial charge on any atom is 0.264 e. The van der Waals surface area contributed by atoms with Crippen LogP contribution in [0.3, 0.4) is 0 Å². The number of carbonyl (C=O) groups excluding carboxylic acids is 2. The van der Waals surface area contributed by atoms with E-state index in [1.807, 2.05) is 19.1 Å². The zero-order chi connectivity index (χ0) is 33.3. The van der Waals surface area contributed by atoms with Crippen LogP contribution in [0.25, 0.3) is 0 Å². The Hall–Kier alpha value is -5.23. The summed E-state index contributed by atoms with van der Waals surface area (Å²) in [4.78, 5) is 26.5. The van der Waals surface area contributed by atoms with Crippen LogP contribution < -0.4 is 33.9 Å². The molecule has 0 atom stereocenters. The third kappa shape index (κ3) is 7.88. The first-order valence-corrected chi connectivity index (χ1v) is 15.7. The van der Waals surface area contributed by atoms with Crippen LogP contribution in [0.1, 0.15) is 21.5 Å². The lowest BCUT2D eigenvalue weighted by molar-refractivity contribution is -0.114.